The molecule has 0 saturated heterocycles. The van der Waals surface area contributed by atoms with Crippen LogP contribution in [0.3, 0.4) is 0 Å². The Morgan fingerprint density at radius 2 is 2.00 bits per heavy atom. The Kier molecular flexibility index (Phi) is 4.52. The largest absolute Gasteiger partial charge is 0.459 e. The van der Waals surface area contributed by atoms with Crippen LogP contribution in [0.2, 0.25) is 5.02 Å². The molecule has 0 saturated carbocycles. The van der Waals surface area contributed by atoms with Crippen LogP contribution in [0.1, 0.15) is 24.3 Å². The van der Waals surface area contributed by atoms with Gasteiger partial charge in [0.1, 0.15) is 11.3 Å². The fourth-order valence-electron chi connectivity index (χ4n) is 2.42. The van der Waals surface area contributed by atoms with E-state index in [4.69, 9.17) is 16.0 Å². The van der Waals surface area contributed by atoms with E-state index in [9.17, 15) is 0 Å². The predicted molar refractivity (Wildman–Crippen MR) is 95.9 cm³/mol. The number of hydrogen-bond donors (Lipinski definition) is 1. The lowest BCUT2D eigenvalue weighted by molar-refractivity contribution is 0.477. The Balaban J connectivity index is 2.05. The number of nitrogens with one attached hydrogen (secondary N) is 1. The van der Waals surface area contributed by atoms with E-state index in [0.29, 0.717) is 0 Å². The summed E-state index contributed by atoms with van der Waals surface area (Å²) in [6.45, 7) is 2.94. The zero-order valence-corrected chi connectivity index (χ0v) is 14.5. The van der Waals surface area contributed by atoms with Crippen LogP contribution in [0.15, 0.2) is 52.9 Å². The van der Waals surface area contributed by atoms with Gasteiger partial charge >= 0.3 is 0 Å². The molecule has 1 atom stereocenters. The maximum atomic E-state index is 6.26. The summed E-state index contributed by atoms with van der Waals surface area (Å²) in [5.41, 5.74) is 2.02. The maximum absolute atomic E-state index is 6.26. The summed E-state index contributed by atoms with van der Waals surface area (Å²) < 4.78 is 7.05. The van der Waals surface area contributed by atoms with Crippen molar-refractivity contribution in [2.45, 2.75) is 13.0 Å². The van der Waals surface area contributed by atoms with Gasteiger partial charge in [-0.15, -0.1) is 0 Å². The summed E-state index contributed by atoms with van der Waals surface area (Å²) in [6, 6.07) is 16.3. The van der Waals surface area contributed by atoms with E-state index in [2.05, 4.69) is 53.0 Å². The SMILES string of the molecule is CCNC(c1ccc(I)c(Cl)c1)c1cc2ccccc2o1. The molecule has 2 aromatic carbocycles. The van der Waals surface area contributed by atoms with Gasteiger partial charge in [0.05, 0.1) is 11.1 Å². The van der Waals surface area contributed by atoms with Crippen molar-refractivity contribution in [2.75, 3.05) is 6.54 Å². The van der Waals surface area contributed by atoms with Crippen molar-refractivity contribution in [2.24, 2.45) is 0 Å². The molecule has 0 amide bonds. The predicted octanol–water partition coefficient (Wildman–Crippen LogP) is 5.39. The molecule has 4 heteroatoms. The van der Waals surface area contributed by atoms with Crippen molar-refractivity contribution in [3.05, 3.63) is 68.4 Å². The van der Waals surface area contributed by atoms with Crippen molar-refractivity contribution in [3.8, 4) is 0 Å². The Bertz CT molecular complexity index is 735. The Morgan fingerprint density at radius 3 is 2.71 bits per heavy atom. The van der Waals surface area contributed by atoms with Crippen LogP contribution in [0.5, 0.6) is 0 Å². The van der Waals surface area contributed by atoms with Gasteiger partial charge in [-0.05, 0) is 59.0 Å². The summed E-state index contributed by atoms with van der Waals surface area (Å²) >= 11 is 8.49. The van der Waals surface area contributed by atoms with Crippen LogP contribution >= 0.6 is 34.2 Å². The zero-order chi connectivity index (χ0) is 14.8. The van der Waals surface area contributed by atoms with Crippen molar-refractivity contribution < 1.29 is 4.42 Å². The number of halogens is 2. The lowest BCUT2D eigenvalue weighted by Crippen LogP contribution is -2.21. The summed E-state index contributed by atoms with van der Waals surface area (Å²) in [5.74, 6) is 0.912. The Hall–Kier alpha value is -1.04. The molecular formula is C17H15ClINO. The van der Waals surface area contributed by atoms with Crippen LogP contribution in [0, 0.1) is 3.57 Å². The van der Waals surface area contributed by atoms with Crippen LogP contribution in [0.25, 0.3) is 11.0 Å². The number of hydrogen-bond acceptors (Lipinski definition) is 2. The molecule has 0 aliphatic carbocycles. The first kappa shape index (κ1) is 14.9. The molecule has 0 bridgehead atoms. The summed E-state index contributed by atoms with van der Waals surface area (Å²) in [5, 5.41) is 5.36. The average molecular weight is 412 g/mol. The highest BCUT2D eigenvalue weighted by Crippen LogP contribution is 2.30. The molecule has 21 heavy (non-hydrogen) atoms. The van der Waals surface area contributed by atoms with Gasteiger partial charge in [-0.2, -0.15) is 0 Å². The quantitative estimate of drug-likeness (QED) is 0.582. The monoisotopic (exact) mass is 411 g/mol. The molecule has 0 aliphatic heterocycles. The van der Waals surface area contributed by atoms with E-state index in [0.717, 1.165) is 37.4 Å². The molecule has 0 aliphatic rings. The lowest BCUT2D eigenvalue weighted by atomic mass is 10.0. The molecule has 3 rings (SSSR count). The highest BCUT2D eigenvalue weighted by atomic mass is 127. The number of furan rings is 1. The number of fused-ring (bicyclic) bond motifs is 1. The van der Waals surface area contributed by atoms with Crippen LogP contribution in [-0.2, 0) is 0 Å². The second kappa shape index (κ2) is 6.38. The third-order valence-electron chi connectivity index (χ3n) is 3.41. The summed E-state index contributed by atoms with van der Waals surface area (Å²) in [4.78, 5) is 0. The second-order valence-corrected chi connectivity index (χ2v) is 6.42. The first-order valence-corrected chi connectivity index (χ1v) is 8.31. The lowest BCUT2D eigenvalue weighted by Gasteiger charge is -2.16. The van der Waals surface area contributed by atoms with Gasteiger partial charge in [-0.25, -0.2) is 0 Å². The van der Waals surface area contributed by atoms with Gasteiger partial charge in [0, 0.05) is 8.96 Å². The third-order valence-corrected chi connectivity index (χ3v) is 4.99. The van der Waals surface area contributed by atoms with Gasteiger partial charge in [-0.1, -0.05) is 42.8 Å². The van der Waals surface area contributed by atoms with E-state index < -0.39 is 0 Å². The fraction of sp³-hybridized carbons (Fsp3) is 0.176. The van der Waals surface area contributed by atoms with Gasteiger partial charge in [0.2, 0.25) is 0 Å². The number of para-hydroxylation sites is 1. The van der Waals surface area contributed by atoms with Crippen LogP contribution < -0.4 is 5.32 Å². The number of benzene rings is 2. The van der Waals surface area contributed by atoms with Crippen molar-refractivity contribution in [1.29, 1.82) is 0 Å². The molecule has 1 unspecified atom stereocenters. The van der Waals surface area contributed by atoms with E-state index in [1.807, 2.05) is 30.3 Å². The standard InChI is InChI=1S/C17H15ClINO/c1-2-20-17(12-7-8-14(19)13(18)9-12)16-10-11-5-3-4-6-15(11)21-16/h3-10,17,20H,2H2,1H3. The molecule has 108 valence electrons. The molecule has 1 heterocycles. The van der Waals surface area contributed by atoms with E-state index in [1.54, 1.807) is 0 Å². The van der Waals surface area contributed by atoms with Gasteiger partial charge in [0.15, 0.2) is 0 Å². The van der Waals surface area contributed by atoms with Gasteiger partial charge in [-0.3, -0.25) is 0 Å². The summed E-state index contributed by atoms with van der Waals surface area (Å²) in [7, 11) is 0. The molecule has 0 fully saturated rings. The molecule has 3 aromatic rings. The van der Waals surface area contributed by atoms with Crippen molar-refractivity contribution >= 4 is 45.2 Å². The van der Waals surface area contributed by atoms with Crippen molar-refractivity contribution in [3.63, 3.8) is 0 Å². The first-order chi connectivity index (χ1) is 10.2. The molecule has 0 radical (unpaired) electrons. The van der Waals surface area contributed by atoms with Crippen LogP contribution in [-0.4, -0.2) is 6.54 Å². The topological polar surface area (TPSA) is 25.2 Å². The molecular weight excluding hydrogens is 397 g/mol. The number of rotatable bonds is 4. The average Bonchev–Trinajstić information content (AvgIpc) is 2.91. The summed E-state index contributed by atoms with van der Waals surface area (Å²) in [6.07, 6.45) is 0. The Labute approximate surface area is 142 Å². The van der Waals surface area contributed by atoms with Crippen LogP contribution in [0.4, 0.5) is 0 Å². The smallest absolute Gasteiger partial charge is 0.134 e. The zero-order valence-electron chi connectivity index (χ0n) is 11.6. The highest BCUT2D eigenvalue weighted by molar-refractivity contribution is 14.1. The minimum absolute atomic E-state index is 0.0110. The molecule has 0 spiro atoms. The maximum Gasteiger partial charge on any atom is 0.134 e. The third kappa shape index (κ3) is 3.10. The van der Waals surface area contributed by atoms with Gasteiger partial charge in [0.25, 0.3) is 0 Å². The Morgan fingerprint density at radius 1 is 1.19 bits per heavy atom. The molecule has 2 nitrogen and oxygen atoms in total. The van der Waals surface area contributed by atoms with E-state index >= 15 is 0 Å². The second-order valence-electron chi connectivity index (χ2n) is 4.85. The molecule has 1 aromatic heterocycles. The minimum Gasteiger partial charge on any atom is -0.459 e. The normalized spacial score (nSPS) is 12.7. The van der Waals surface area contributed by atoms with E-state index in [1.165, 1.54) is 0 Å². The first-order valence-electron chi connectivity index (χ1n) is 6.86. The van der Waals surface area contributed by atoms with Crippen molar-refractivity contribution in [1.82, 2.24) is 5.32 Å². The van der Waals surface area contributed by atoms with E-state index in [-0.39, 0.29) is 6.04 Å². The fourth-order valence-corrected chi connectivity index (χ4v) is 2.95. The minimum atomic E-state index is 0.0110. The van der Waals surface area contributed by atoms with Gasteiger partial charge < -0.3 is 9.73 Å². The highest BCUT2D eigenvalue weighted by Gasteiger charge is 2.18. The molecule has 1 N–H and O–H groups in total.